The van der Waals surface area contributed by atoms with Crippen LogP contribution in [-0.4, -0.2) is 11.7 Å². The van der Waals surface area contributed by atoms with Crippen LogP contribution in [0.2, 0.25) is 0 Å². The van der Waals surface area contributed by atoms with Crippen molar-refractivity contribution in [2.45, 2.75) is 52.2 Å². The molecule has 0 amide bonds. The molecule has 0 spiro atoms. The highest BCUT2D eigenvalue weighted by atomic mass is 16.5. The molecule has 0 aromatic rings. The number of rotatable bonds is 0. The molecule has 1 aliphatic carbocycles. The molecule has 1 heteroatoms. The van der Waals surface area contributed by atoms with Crippen molar-refractivity contribution in [3.05, 3.63) is 23.8 Å². The molecule has 1 aliphatic heterocycles. The Kier molecular flexibility index (Phi) is 2.11. The van der Waals surface area contributed by atoms with Gasteiger partial charge in [0.2, 0.25) is 0 Å². The summed E-state index contributed by atoms with van der Waals surface area (Å²) in [7, 11) is 0. The molecule has 0 saturated heterocycles. The van der Waals surface area contributed by atoms with Gasteiger partial charge in [-0.05, 0) is 32.3 Å². The Morgan fingerprint density at radius 3 is 2.79 bits per heavy atom. The Morgan fingerprint density at radius 2 is 2.07 bits per heavy atom. The summed E-state index contributed by atoms with van der Waals surface area (Å²) in [6, 6.07) is 0. The Balaban J connectivity index is 2.42. The Bertz CT molecular complexity index is 298. The first-order valence-corrected chi connectivity index (χ1v) is 5.51. The average molecular weight is 192 g/mol. The lowest BCUT2D eigenvalue weighted by molar-refractivity contribution is -0.0684. The summed E-state index contributed by atoms with van der Waals surface area (Å²) in [5, 5.41) is 0. The minimum absolute atomic E-state index is 0.0457. The zero-order chi connectivity index (χ0) is 10.4. The van der Waals surface area contributed by atoms with Gasteiger partial charge in [0.25, 0.3) is 0 Å². The molecule has 0 fully saturated rings. The molecule has 0 bridgehead atoms. The molecule has 2 atom stereocenters. The van der Waals surface area contributed by atoms with Crippen molar-refractivity contribution < 1.29 is 4.74 Å². The fourth-order valence-electron chi connectivity index (χ4n) is 2.83. The first-order valence-electron chi connectivity index (χ1n) is 5.51. The van der Waals surface area contributed by atoms with Crippen LogP contribution in [0.5, 0.6) is 0 Å². The lowest BCUT2D eigenvalue weighted by Gasteiger charge is -2.46. The van der Waals surface area contributed by atoms with Crippen LogP contribution in [-0.2, 0) is 4.74 Å². The van der Waals surface area contributed by atoms with E-state index in [1.807, 2.05) is 0 Å². The summed E-state index contributed by atoms with van der Waals surface area (Å²) < 4.78 is 6.09. The van der Waals surface area contributed by atoms with E-state index in [4.69, 9.17) is 4.74 Å². The molecule has 0 aromatic heterocycles. The van der Waals surface area contributed by atoms with Gasteiger partial charge < -0.3 is 4.74 Å². The van der Waals surface area contributed by atoms with Crippen LogP contribution >= 0.6 is 0 Å². The number of hydrogen-bond donors (Lipinski definition) is 0. The van der Waals surface area contributed by atoms with Crippen molar-refractivity contribution in [2.24, 2.45) is 5.41 Å². The Morgan fingerprint density at radius 1 is 1.36 bits per heavy atom. The molecule has 0 saturated carbocycles. The molecular weight excluding hydrogens is 172 g/mol. The van der Waals surface area contributed by atoms with Gasteiger partial charge in [0.1, 0.15) is 0 Å². The number of hydrogen-bond acceptors (Lipinski definition) is 1. The van der Waals surface area contributed by atoms with Crippen LogP contribution in [0.1, 0.15) is 40.5 Å². The van der Waals surface area contributed by atoms with Gasteiger partial charge in [0.05, 0.1) is 11.7 Å². The van der Waals surface area contributed by atoms with Crippen LogP contribution in [0.3, 0.4) is 0 Å². The Labute approximate surface area is 86.8 Å². The molecule has 0 N–H and O–H groups in total. The topological polar surface area (TPSA) is 9.23 Å². The first kappa shape index (κ1) is 9.97. The molecule has 1 heterocycles. The molecule has 0 radical (unpaired) electrons. The van der Waals surface area contributed by atoms with Gasteiger partial charge in [-0.15, -0.1) is 0 Å². The largest absolute Gasteiger partial charge is 0.367 e. The smallest absolute Gasteiger partial charge is 0.0909 e. The third-order valence-electron chi connectivity index (χ3n) is 3.42. The van der Waals surface area contributed by atoms with Crippen molar-refractivity contribution in [2.75, 3.05) is 0 Å². The third kappa shape index (κ3) is 1.44. The van der Waals surface area contributed by atoms with E-state index in [2.05, 4.69) is 45.9 Å². The standard InChI is InChI=1S/C13H20O/c1-10-6-7-11-12(2,3)8-5-9-13(11,4)14-10/h5,7-8,10H,6,9H2,1-4H3. The zero-order valence-corrected chi connectivity index (χ0v) is 9.63. The first-order chi connectivity index (χ1) is 6.44. The highest BCUT2D eigenvalue weighted by Crippen LogP contribution is 2.46. The third-order valence-corrected chi connectivity index (χ3v) is 3.42. The molecule has 1 nitrogen and oxygen atoms in total. The normalized spacial score (nSPS) is 40.3. The van der Waals surface area contributed by atoms with E-state index in [0.29, 0.717) is 6.10 Å². The highest BCUT2D eigenvalue weighted by Gasteiger charge is 2.42. The van der Waals surface area contributed by atoms with Gasteiger partial charge in [-0.25, -0.2) is 0 Å². The molecule has 2 rings (SSSR count). The summed E-state index contributed by atoms with van der Waals surface area (Å²) in [6.07, 6.45) is 9.40. The molecule has 78 valence electrons. The number of allylic oxidation sites excluding steroid dienone is 1. The van der Waals surface area contributed by atoms with Crippen LogP contribution in [0.15, 0.2) is 23.8 Å². The minimum atomic E-state index is -0.0457. The van der Waals surface area contributed by atoms with E-state index in [1.165, 1.54) is 5.57 Å². The van der Waals surface area contributed by atoms with Crippen molar-refractivity contribution >= 4 is 0 Å². The van der Waals surface area contributed by atoms with Crippen molar-refractivity contribution in [1.82, 2.24) is 0 Å². The van der Waals surface area contributed by atoms with Crippen molar-refractivity contribution in [1.29, 1.82) is 0 Å². The minimum Gasteiger partial charge on any atom is -0.367 e. The van der Waals surface area contributed by atoms with Gasteiger partial charge in [0, 0.05) is 5.41 Å². The Hall–Kier alpha value is -0.560. The quantitative estimate of drug-likeness (QED) is 0.534. The summed E-state index contributed by atoms with van der Waals surface area (Å²) in [4.78, 5) is 0. The summed E-state index contributed by atoms with van der Waals surface area (Å²) in [5.74, 6) is 0. The highest BCUT2D eigenvalue weighted by molar-refractivity contribution is 5.34. The van der Waals surface area contributed by atoms with E-state index in [1.54, 1.807) is 0 Å². The monoisotopic (exact) mass is 192 g/mol. The van der Waals surface area contributed by atoms with Gasteiger partial charge in [-0.2, -0.15) is 0 Å². The maximum Gasteiger partial charge on any atom is 0.0909 e. The van der Waals surface area contributed by atoms with Crippen molar-refractivity contribution in [3.63, 3.8) is 0 Å². The zero-order valence-electron chi connectivity index (χ0n) is 9.63. The summed E-state index contributed by atoms with van der Waals surface area (Å²) >= 11 is 0. The van der Waals surface area contributed by atoms with Gasteiger partial charge in [0.15, 0.2) is 0 Å². The molecule has 2 aliphatic rings. The molecule has 14 heavy (non-hydrogen) atoms. The second-order valence-corrected chi connectivity index (χ2v) is 5.34. The predicted molar refractivity (Wildman–Crippen MR) is 59.2 cm³/mol. The fraction of sp³-hybridized carbons (Fsp3) is 0.692. The molecule has 2 unspecified atom stereocenters. The van der Waals surface area contributed by atoms with Crippen LogP contribution in [0.4, 0.5) is 0 Å². The number of ether oxygens (including phenoxy) is 1. The van der Waals surface area contributed by atoms with Gasteiger partial charge >= 0.3 is 0 Å². The van der Waals surface area contributed by atoms with Gasteiger partial charge in [-0.3, -0.25) is 0 Å². The summed E-state index contributed by atoms with van der Waals surface area (Å²) in [5.41, 5.74) is 1.59. The van der Waals surface area contributed by atoms with E-state index >= 15 is 0 Å². The lowest BCUT2D eigenvalue weighted by Crippen LogP contribution is -2.44. The van der Waals surface area contributed by atoms with Crippen LogP contribution in [0.25, 0.3) is 0 Å². The maximum absolute atomic E-state index is 6.09. The fourth-order valence-corrected chi connectivity index (χ4v) is 2.83. The van der Waals surface area contributed by atoms with E-state index in [-0.39, 0.29) is 11.0 Å². The van der Waals surface area contributed by atoms with Gasteiger partial charge in [-0.1, -0.05) is 32.1 Å². The van der Waals surface area contributed by atoms with E-state index in [0.717, 1.165) is 12.8 Å². The van der Waals surface area contributed by atoms with Crippen LogP contribution < -0.4 is 0 Å². The van der Waals surface area contributed by atoms with Crippen molar-refractivity contribution in [3.8, 4) is 0 Å². The predicted octanol–water partition coefficient (Wildman–Crippen LogP) is 3.47. The molecular formula is C13H20O. The van der Waals surface area contributed by atoms with E-state index in [9.17, 15) is 0 Å². The summed E-state index contributed by atoms with van der Waals surface area (Å²) in [6.45, 7) is 8.92. The lowest BCUT2D eigenvalue weighted by atomic mass is 9.68. The second kappa shape index (κ2) is 2.96. The van der Waals surface area contributed by atoms with E-state index < -0.39 is 0 Å². The van der Waals surface area contributed by atoms with Crippen LogP contribution in [0, 0.1) is 5.41 Å². The average Bonchev–Trinajstić information content (AvgIpc) is 2.00. The number of fused-ring (bicyclic) bond motifs is 1. The second-order valence-electron chi connectivity index (χ2n) is 5.34. The SMILES string of the molecule is CC1CC=C2C(C)(C)C=CCC2(C)O1. The maximum atomic E-state index is 6.09. The molecule has 0 aromatic carbocycles.